The second-order valence-electron chi connectivity index (χ2n) is 3.98. The summed E-state index contributed by atoms with van der Waals surface area (Å²) < 4.78 is 11.0. The Morgan fingerprint density at radius 1 is 1.24 bits per heavy atom. The molecule has 21 heavy (non-hydrogen) atoms. The van der Waals surface area contributed by atoms with Crippen molar-refractivity contribution < 1.29 is 14.3 Å². The Kier molecular flexibility index (Phi) is 5.08. The van der Waals surface area contributed by atoms with E-state index < -0.39 is 0 Å². The predicted octanol–water partition coefficient (Wildman–Crippen LogP) is 4.40. The minimum absolute atomic E-state index is 0.108. The molecule has 2 rings (SSSR count). The third kappa shape index (κ3) is 3.15. The molecule has 0 aliphatic heterocycles. The Hall–Kier alpha value is -1.30. The molecule has 0 atom stereocenters. The van der Waals surface area contributed by atoms with Crippen LogP contribution < -0.4 is 9.47 Å². The molecule has 0 aliphatic carbocycles. The Bertz CT molecular complexity index is 707. The van der Waals surface area contributed by atoms with Crippen molar-refractivity contribution in [1.29, 1.82) is 0 Å². The van der Waals surface area contributed by atoms with Crippen LogP contribution in [0.2, 0.25) is 10.0 Å². The summed E-state index contributed by atoms with van der Waals surface area (Å²) in [5.41, 5.74) is 0.429. The first-order valence-corrected chi connectivity index (χ1v) is 7.30. The Labute approximate surface area is 140 Å². The average molecular weight is 391 g/mol. The number of hydrogen-bond acceptors (Lipinski definition) is 4. The van der Waals surface area contributed by atoms with E-state index in [4.69, 9.17) is 32.7 Å². The van der Waals surface area contributed by atoms with Crippen molar-refractivity contribution in [2.45, 2.75) is 0 Å². The normalized spacial score (nSPS) is 10.3. The molecule has 0 unspecified atom stereocenters. The summed E-state index contributed by atoms with van der Waals surface area (Å²) in [6.07, 6.45) is 1.37. The molecule has 0 saturated carbocycles. The first kappa shape index (κ1) is 16.1. The first-order valence-electron chi connectivity index (χ1n) is 5.75. The monoisotopic (exact) mass is 389 g/mol. The van der Waals surface area contributed by atoms with Crippen molar-refractivity contribution >= 4 is 44.9 Å². The summed E-state index contributed by atoms with van der Waals surface area (Å²) >= 11 is 15.2. The minimum atomic E-state index is -0.364. The molecular formula is C14H10BrCl2NO3. The second-order valence-corrected chi connectivity index (χ2v) is 5.61. The van der Waals surface area contributed by atoms with Gasteiger partial charge in [0.25, 0.3) is 0 Å². The third-order valence-corrected chi connectivity index (χ3v) is 4.00. The largest absolute Gasteiger partial charge is 0.495 e. The van der Waals surface area contributed by atoms with E-state index in [1.165, 1.54) is 26.5 Å². The second kappa shape index (κ2) is 6.64. The van der Waals surface area contributed by atoms with Crippen LogP contribution >= 0.6 is 39.1 Å². The summed E-state index contributed by atoms with van der Waals surface area (Å²) in [7, 11) is 2.99. The molecule has 7 heteroatoms. The molecule has 0 radical (unpaired) electrons. The van der Waals surface area contributed by atoms with Gasteiger partial charge < -0.3 is 9.47 Å². The predicted molar refractivity (Wildman–Crippen MR) is 84.9 cm³/mol. The molecule has 1 aromatic heterocycles. The third-order valence-electron chi connectivity index (χ3n) is 2.75. The maximum absolute atomic E-state index is 12.6. The molecule has 0 N–H and O–H groups in total. The van der Waals surface area contributed by atoms with Gasteiger partial charge in [0.2, 0.25) is 5.78 Å². The number of methoxy groups -OCH3 is 2. The zero-order chi connectivity index (χ0) is 15.6. The van der Waals surface area contributed by atoms with E-state index in [-0.39, 0.29) is 16.5 Å². The topological polar surface area (TPSA) is 48.4 Å². The van der Waals surface area contributed by atoms with Crippen LogP contribution in [0.5, 0.6) is 11.5 Å². The van der Waals surface area contributed by atoms with E-state index in [9.17, 15) is 4.79 Å². The van der Waals surface area contributed by atoms with Gasteiger partial charge in [-0.25, -0.2) is 4.98 Å². The van der Waals surface area contributed by atoms with Gasteiger partial charge >= 0.3 is 0 Å². The summed E-state index contributed by atoms with van der Waals surface area (Å²) in [6, 6.07) is 4.72. The van der Waals surface area contributed by atoms with Crippen LogP contribution in [0.25, 0.3) is 0 Å². The Balaban J connectivity index is 2.55. The lowest BCUT2D eigenvalue weighted by Crippen LogP contribution is -2.08. The highest BCUT2D eigenvalue weighted by atomic mass is 79.9. The number of ether oxygens (including phenoxy) is 2. The van der Waals surface area contributed by atoms with Gasteiger partial charge in [0.15, 0.2) is 0 Å². The van der Waals surface area contributed by atoms with E-state index >= 15 is 0 Å². The SMILES string of the molecule is COc1ccc(C(=O)c2ncc(Cl)cc2Cl)c(OC)c1Br. The van der Waals surface area contributed by atoms with E-state index in [0.29, 0.717) is 26.6 Å². The fourth-order valence-electron chi connectivity index (χ4n) is 1.78. The summed E-state index contributed by atoms with van der Waals surface area (Å²) in [5, 5.41) is 0.543. The first-order chi connectivity index (χ1) is 9.99. The van der Waals surface area contributed by atoms with E-state index in [0.717, 1.165) is 0 Å². The molecule has 1 heterocycles. The Morgan fingerprint density at radius 3 is 2.52 bits per heavy atom. The number of aromatic nitrogens is 1. The van der Waals surface area contributed by atoms with Crippen molar-refractivity contribution in [3.05, 3.63) is 50.2 Å². The zero-order valence-electron chi connectivity index (χ0n) is 11.1. The quantitative estimate of drug-likeness (QED) is 0.726. The maximum Gasteiger partial charge on any atom is 0.216 e. The lowest BCUT2D eigenvalue weighted by molar-refractivity contribution is 0.103. The fourth-order valence-corrected chi connectivity index (χ4v) is 2.92. The standard InChI is InChI=1S/C14H10BrCl2NO3/c1-20-10-4-3-8(14(21-2)11(10)15)13(19)12-9(17)5-7(16)6-18-12/h3-6H,1-2H3. The van der Waals surface area contributed by atoms with Crippen molar-refractivity contribution in [2.24, 2.45) is 0 Å². The number of halogens is 3. The van der Waals surface area contributed by atoms with Crippen molar-refractivity contribution in [3.8, 4) is 11.5 Å². The molecular weight excluding hydrogens is 381 g/mol. The van der Waals surface area contributed by atoms with Gasteiger partial charge in [-0.1, -0.05) is 23.2 Å². The van der Waals surface area contributed by atoms with E-state index in [1.807, 2.05) is 0 Å². The highest BCUT2D eigenvalue weighted by molar-refractivity contribution is 9.10. The highest BCUT2D eigenvalue weighted by Gasteiger charge is 2.22. The fraction of sp³-hybridized carbons (Fsp3) is 0.143. The smallest absolute Gasteiger partial charge is 0.216 e. The number of rotatable bonds is 4. The van der Waals surface area contributed by atoms with E-state index in [2.05, 4.69) is 20.9 Å². The van der Waals surface area contributed by atoms with Crippen LogP contribution in [0.4, 0.5) is 0 Å². The molecule has 0 saturated heterocycles. The van der Waals surface area contributed by atoms with Crippen LogP contribution in [0.1, 0.15) is 16.1 Å². The summed E-state index contributed by atoms with van der Waals surface area (Å²) in [6.45, 7) is 0. The van der Waals surface area contributed by atoms with Gasteiger partial charge in [-0.05, 0) is 34.1 Å². The number of ketones is 1. The van der Waals surface area contributed by atoms with Crippen molar-refractivity contribution in [1.82, 2.24) is 4.98 Å². The van der Waals surface area contributed by atoms with E-state index in [1.54, 1.807) is 12.1 Å². The van der Waals surface area contributed by atoms with Gasteiger partial charge in [-0.2, -0.15) is 0 Å². The molecule has 0 fully saturated rings. The Morgan fingerprint density at radius 2 is 1.95 bits per heavy atom. The number of pyridine rings is 1. The van der Waals surface area contributed by atoms with Gasteiger partial charge in [-0.3, -0.25) is 4.79 Å². The number of benzene rings is 1. The number of nitrogens with zero attached hydrogens (tertiary/aromatic N) is 1. The number of carbonyl (C=O) groups is 1. The average Bonchev–Trinajstić information content (AvgIpc) is 2.46. The molecule has 0 amide bonds. The molecule has 0 spiro atoms. The highest BCUT2D eigenvalue weighted by Crippen LogP contribution is 2.38. The lowest BCUT2D eigenvalue weighted by Gasteiger charge is -2.12. The molecule has 1 aromatic carbocycles. The van der Waals surface area contributed by atoms with Crippen LogP contribution in [-0.4, -0.2) is 25.0 Å². The minimum Gasteiger partial charge on any atom is -0.495 e. The molecule has 0 bridgehead atoms. The van der Waals surface area contributed by atoms with Crippen LogP contribution in [0.3, 0.4) is 0 Å². The summed E-state index contributed by atoms with van der Waals surface area (Å²) in [5.74, 6) is 0.544. The van der Waals surface area contributed by atoms with Crippen LogP contribution in [0.15, 0.2) is 28.9 Å². The number of hydrogen-bond donors (Lipinski definition) is 0. The number of carbonyl (C=O) groups excluding carboxylic acids is 1. The summed E-state index contributed by atoms with van der Waals surface area (Å²) in [4.78, 5) is 16.6. The van der Waals surface area contributed by atoms with Crippen LogP contribution in [0, 0.1) is 0 Å². The zero-order valence-corrected chi connectivity index (χ0v) is 14.2. The van der Waals surface area contributed by atoms with Crippen LogP contribution in [-0.2, 0) is 0 Å². The van der Waals surface area contributed by atoms with Gasteiger partial charge in [0, 0.05) is 6.20 Å². The van der Waals surface area contributed by atoms with Gasteiger partial charge in [0.05, 0.1) is 29.8 Å². The lowest BCUT2D eigenvalue weighted by atomic mass is 10.1. The molecule has 2 aromatic rings. The molecule has 4 nitrogen and oxygen atoms in total. The van der Waals surface area contributed by atoms with Crippen molar-refractivity contribution in [3.63, 3.8) is 0 Å². The molecule has 0 aliphatic rings. The van der Waals surface area contributed by atoms with Gasteiger partial charge in [-0.15, -0.1) is 0 Å². The molecule has 110 valence electrons. The van der Waals surface area contributed by atoms with Gasteiger partial charge in [0.1, 0.15) is 21.7 Å². The van der Waals surface area contributed by atoms with Crippen molar-refractivity contribution in [2.75, 3.05) is 14.2 Å². The maximum atomic E-state index is 12.6.